The summed E-state index contributed by atoms with van der Waals surface area (Å²) in [6.07, 6.45) is 1.81. The van der Waals surface area contributed by atoms with E-state index in [0.29, 0.717) is 6.04 Å². The zero-order valence-electron chi connectivity index (χ0n) is 13.1. The molecule has 0 spiro atoms. The van der Waals surface area contributed by atoms with Crippen molar-refractivity contribution in [1.29, 1.82) is 0 Å². The summed E-state index contributed by atoms with van der Waals surface area (Å²) in [4.78, 5) is 0. The molecule has 0 aliphatic rings. The van der Waals surface area contributed by atoms with Crippen LogP contribution in [0.25, 0.3) is 0 Å². The molecule has 21 heavy (non-hydrogen) atoms. The number of nitrogens with one attached hydrogen (secondary N) is 1. The van der Waals surface area contributed by atoms with Gasteiger partial charge >= 0.3 is 0 Å². The maximum Gasteiger partial charge on any atom is 0.123 e. The highest BCUT2D eigenvalue weighted by Gasteiger charge is 2.10. The fourth-order valence-electron chi connectivity index (χ4n) is 2.67. The summed E-state index contributed by atoms with van der Waals surface area (Å²) in [5.41, 5.74) is 5.03. The van der Waals surface area contributed by atoms with Gasteiger partial charge in [0.1, 0.15) is 5.82 Å². The Hall–Kier alpha value is -1.67. The number of rotatable bonds is 6. The van der Waals surface area contributed by atoms with Gasteiger partial charge in [0.15, 0.2) is 0 Å². The quantitative estimate of drug-likeness (QED) is 0.838. The van der Waals surface area contributed by atoms with E-state index in [-0.39, 0.29) is 5.82 Å². The Labute approximate surface area is 127 Å². The molecule has 0 saturated carbocycles. The minimum atomic E-state index is -0.158. The molecule has 2 aromatic carbocycles. The van der Waals surface area contributed by atoms with E-state index in [4.69, 9.17) is 0 Å². The van der Waals surface area contributed by atoms with Crippen molar-refractivity contribution in [2.45, 2.75) is 39.7 Å². The molecule has 0 aliphatic heterocycles. The van der Waals surface area contributed by atoms with E-state index in [0.717, 1.165) is 24.9 Å². The van der Waals surface area contributed by atoms with Crippen LogP contribution in [0.3, 0.4) is 0 Å². The van der Waals surface area contributed by atoms with Crippen molar-refractivity contribution in [3.8, 4) is 0 Å². The maximum absolute atomic E-state index is 13.3. The van der Waals surface area contributed by atoms with Crippen LogP contribution < -0.4 is 5.32 Å². The van der Waals surface area contributed by atoms with Gasteiger partial charge in [-0.05, 0) is 67.6 Å². The lowest BCUT2D eigenvalue weighted by Crippen LogP contribution is -2.33. The van der Waals surface area contributed by atoms with Crippen LogP contribution >= 0.6 is 0 Å². The Balaban J connectivity index is 2.09. The third-order valence-electron chi connectivity index (χ3n) is 3.92. The zero-order chi connectivity index (χ0) is 15.2. The van der Waals surface area contributed by atoms with E-state index >= 15 is 0 Å². The van der Waals surface area contributed by atoms with Crippen molar-refractivity contribution in [3.05, 3.63) is 70.5 Å². The lowest BCUT2D eigenvalue weighted by atomic mass is 9.96. The third kappa shape index (κ3) is 4.68. The SMILES string of the molecule is CCNC(Cc1cccc(F)c1)Cc1ccc(C)c(C)c1. The summed E-state index contributed by atoms with van der Waals surface area (Å²) in [5.74, 6) is -0.158. The number of aryl methyl sites for hydroxylation is 2. The van der Waals surface area contributed by atoms with Crippen LogP contribution in [0.4, 0.5) is 4.39 Å². The molecule has 0 aliphatic carbocycles. The van der Waals surface area contributed by atoms with Crippen molar-refractivity contribution in [2.24, 2.45) is 0 Å². The highest BCUT2D eigenvalue weighted by Crippen LogP contribution is 2.14. The van der Waals surface area contributed by atoms with Gasteiger partial charge in [0.05, 0.1) is 0 Å². The van der Waals surface area contributed by atoms with Gasteiger partial charge in [0, 0.05) is 6.04 Å². The van der Waals surface area contributed by atoms with Gasteiger partial charge in [0.2, 0.25) is 0 Å². The molecule has 1 nitrogen and oxygen atoms in total. The molecule has 0 radical (unpaired) electrons. The lowest BCUT2D eigenvalue weighted by Gasteiger charge is -2.19. The van der Waals surface area contributed by atoms with Crippen molar-refractivity contribution < 1.29 is 4.39 Å². The number of hydrogen-bond donors (Lipinski definition) is 1. The van der Waals surface area contributed by atoms with Gasteiger partial charge in [-0.25, -0.2) is 4.39 Å². The Morgan fingerprint density at radius 3 is 2.29 bits per heavy atom. The first-order valence-electron chi connectivity index (χ1n) is 7.62. The summed E-state index contributed by atoms with van der Waals surface area (Å²) >= 11 is 0. The second-order valence-corrected chi connectivity index (χ2v) is 5.71. The summed E-state index contributed by atoms with van der Waals surface area (Å²) in [6.45, 7) is 7.31. The smallest absolute Gasteiger partial charge is 0.123 e. The first kappa shape index (κ1) is 15.7. The van der Waals surface area contributed by atoms with Gasteiger partial charge < -0.3 is 5.32 Å². The van der Waals surface area contributed by atoms with E-state index in [1.54, 1.807) is 12.1 Å². The second kappa shape index (κ2) is 7.37. The van der Waals surface area contributed by atoms with Gasteiger partial charge in [-0.3, -0.25) is 0 Å². The predicted molar refractivity (Wildman–Crippen MR) is 87.2 cm³/mol. The van der Waals surface area contributed by atoms with Gasteiger partial charge in [-0.15, -0.1) is 0 Å². The summed E-state index contributed by atoms with van der Waals surface area (Å²) in [7, 11) is 0. The molecule has 0 saturated heterocycles. The molecule has 2 aromatic rings. The third-order valence-corrected chi connectivity index (χ3v) is 3.92. The van der Waals surface area contributed by atoms with Gasteiger partial charge in [-0.2, -0.15) is 0 Å². The fraction of sp³-hybridized carbons (Fsp3) is 0.368. The van der Waals surface area contributed by atoms with Gasteiger partial charge in [0.25, 0.3) is 0 Å². The monoisotopic (exact) mass is 285 g/mol. The first-order valence-corrected chi connectivity index (χ1v) is 7.62. The molecule has 112 valence electrons. The van der Waals surface area contributed by atoms with Crippen LogP contribution in [0.15, 0.2) is 42.5 Å². The number of halogens is 1. The van der Waals surface area contributed by atoms with Crippen molar-refractivity contribution in [2.75, 3.05) is 6.54 Å². The number of likely N-dealkylation sites (N-methyl/N-ethyl adjacent to an activating group) is 1. The summed E-state index contributed by atoms with van der Waals surface area (Å²) < 4.78 is 13.3. The highest BCUT2D eigenvalue weighted by molar-refractivity contribution is 5.30. The molecule has 0 aromatic heterocycles. The Morgan fingerprint density at radius 1 is 0.952 bits per heavy atom. The summed E-state index contributed by atoms with van der Waals surface area (Å²) in [6, 6.07) is 13.9. The van der Waals surface area contributed by atoms with E-state index in [1.165, 1.54) is 22.8 Å². The Kier molecular flexibility index (Phi) is 5.51. The normalized spacial score (nSPS) is 12.4. The molecule has 0 fully saturated rings. The molecule has 0 bridgehead atoms. The highest BCUT2D eigenvalue weighted by atomic mass is 19.1. The van der Waals surface area contributed by atoms with Crippen LogP contribution in [0.2, 0.25) is 0 Å². The van der Waals surface area contributed by atoms with E-state index in [2.05, 4.69) is 44.3 Å². The molecular weight excluding hydrogens is 261 g/mol. The van der Waals surface area contributed by atoms with Crippen LogP contribution in [-0.4, -0.2) is 12.6 Å². The molecule has 0 amide bonds. The average molecular weight is 285 g/mol. The Bertz CT molecular complexity index is 592. The van der Waals surface area contributed by atoms with Crippen molar-refractivity contribution >= 4 is 0 Å². The van der Waals surface area contributed by atoms with Crippen molar-refractivity contribution in [3.63, 3.8) is 0 Å². The molecule has 1 N–H and O–H groups in total. The van der Waals surface area contributed by atoms with Crippen molar-refractivity contribution in [1.82, 2.24) is 5.32 Å². The van der Waals surface area contributed by atoms with E-state index < -0.39 is 0 Å². The minimum Gasteiger partial charge on any atom is -0.314 e. The fourth-order valence-corrected chi connectivity index (χ4v) is 2.67. The minimum absolute atomic E-state index is 0.158. The van der Waals surface area contributed by atoms with Crippen LogP contribution in [0.1, 0.15) is 29.2 Å². The number of benzene rings is 2. The zero-order valence-corrected chi connectivity index (χ0v) is 13.1. The molecule has 1 unspecified atom stereocenters. The van der Waals surface area contributed by atoms with Crippen LogP contribution in [0, 0.1) is 19.7 Å². The van der Waals surface area contributed by atoms with Crippen LogP contribution in [-0.2, 0) is 12.8 Å². The Morgan fingerprint density at radius 2 is 1.67 bits per heavy atom. The standard InChI is InChI=1S/C19H24FN/c1-4-21-19(12-16-6-5-7-18(20)11-16)13-17-9-8-14(2)15(3)10-17/h5-11,19,21H,4,12-13H2,1-3H3. The lowest BCUT2D eigenvalue weighted by molar-refractivity contribution is 0.519. The van der Waals surface area contributed by atoms with Crippen LogP contribution in [0.5, 0.6) is 0 Å². The van der Waals surface area contributed by atoms with E-state index in [1.807, 2.05) is 6.07 Å². The van der Waals surface area contributed by atoms with E-state index in [9.17, 15) is 4.39 Å². The molecule has 2 rings (SSSR count). The molecule has 0 heterocycles. The largest absolute Gasteiger partial charge is 0.314 e. The molecular formula is C19H24FN. The maximum atomic E-state index is 13.3. The molecule has 1 atom stereocenters. The average Bonchev–Trinajstić information content (AvgIpc) is 2.43. The van der Waals surface area contributed by atoms with Gasteiger partial charge in [-0.1, -0.05) is 37.3 Å². The second-order valence-electron chi connectivity index (χ2n) is 5.71. The summed E-state index contributed by atoms with van der Waals surface area (Å²) in [5, 5.41) is 3.51. The molecule has 2 heteroatoms. The number of hydrogen-bond acceptors (Lipinski definition) is 1. The first-order chi connectivity index (χ1) is 10.1. The topological polar surface area (TPSA) is 12.0 Å². The predicted octanol–water partition coefficient (Wildman–Crippen LogP) is 4.21.